The number of hydrogen-bond donors (Lipinski definition) is 3. The van der Waals surface area contributed by atoms with Gasteiger partial charge in [0.1, 0.15) is 0 Å². The van der Waals surface area contributed by atoms with Gasteiger partial charge in [0.05, 0.1) is 6.42 Å². The molecule has 0 atom stereocenters. The summed E-state index contributed by atoms with van der Waals surface area (Å²) >= 11 is 0. The number of carbonyl (C=O) groups excluding carboxylic acids is 1. The van der Waals surface area contributed by atoms with E-state index in [1.165, 1.54) is 5.56 Å². The maximum atomic E-state index is 11.3. The Morgan fingerprint density at radius 2 is 2.22 bits per heavy atom. The molecular formula is C14H19N3O. The molecule has 0 saturated carbocycles. The van der Waals surface area contributed by atoms with Gasteiger partial charge in [-0.25, -0.2) is 0 Å². The Bertz CT molecular complexity index is 454. The normalized spacial score (nSPS) is 18.3. The Balaban J connectivity index is 1.48. The highest BCUT2D eigenvalue weighted by Gasteiger charge is 2.17. The molecule has 1 aromatic rings. The van der Waals surface area contributed by atoms with Crippen molar-refractivity contribution in [3.63, 3.8) is 0 Å². The van der Waals surface area contributed by atoms with Crippen LogP contribution in [0, 0.1) is 5.92 Å². The minimum absolute atomic E-state index is 0.109. The molecule has 2 heterocycles. The van der Waals surface area contributed by atoms with Crippen LogP contribution in [0.5, 0.6) is 0 Å². The van der Waals surface area contributed by atoms with Crippen LogP contribution in [0.15, 0.2) is 18.2 Å². The van der Waals surface area contributed by atoms with E-state index in [2.05, 4.69) is 28.1 Å². The molecule has 4 nitrogen and oxygen atoms in total. The van der Waals surface area contributed by atoms with Crippen LogP contribution in [-0.4, -0.2) is 32.1 Å². The van der Waals surface area contributed by atoms with Crippen molar-refractivity contribution in [2.45, 2.75) is 12.8 Å². The lowest BCUT2D eigenvalue weighted by molar-refractivity contribution is -0.115. The molecule has 2 aliphatic rings. The number of rotatable bonds is 5. The molecule has 1 fully saturated rings. The van der Waals surface area contributed by atoms with E-state index in [4.69, 9.17) is 0 Å². The van der Waals surface area contributed by atoms with Crippen molar-refractivity contribution in [2.75, 3.05) is 31.5 Å². The monoisotopic (exact) mass is 245 g/mol. The lowest BCUT2D eigenvalue weighted by Gasteiger charge is -2.27. The van der Waals surface area contributed by atoms with Gasteiger partial charge in [0.2, 0.25) is 5.91 Å². The highest BCUT2D eigenvalue weighted by molar-refractivity contribution is 5.99. The summed E-state index contributed by atoms with van der Waals surface area (Å²) in [6, 6.07) is 6.28. The number of carbonyl (C=O) groups is 1. The SMILES string of the molecule is O=C1Cc2cc(CCNCC3CNC3)ccc2N1. The molecule has 0 radical (unpaired) electrons. The zero-order valence-electron chi connectivity index (χ0n) is 10.5. The van der Waals surface area contributed by atoms with Gasteiger partial charge < -0.3 is 16.0 Å². The first kappa shape index (κ1) is 11.7. The third-order valence-corrected chi connectivity index (χ3v) is 3.68. The summed E-state index contributed by atoms with van der Waals surface area (Å²) in [6.07, 6.45) is 1.56. The number of nitrogens with one attached hydrogen (secondary N) is 3. The average molecular weight is 245 g/mol. The summed E-state index contributed by atoms with van der Waals surface area (Å²) in [5.74, 6) is 0.921. The van der Waals surface area contributed by atoms with E-state index in [-0.39, 0.29) is 5.91 Å². The molecule has 1 amide bonds. The number of hydrogen-bond acceptors (Lipinski definition) is 3. The lowest BCUT2D eigenvalue weighted by atomic mass is 10.0. The van der Waals surface area contributed by atoms with E-state index in [0.29, 0.717) is 6.42 Å². The molecule has 0 bridgehead atoms. The van der Waals surface area contributed by atoms with Crippen LogP contribution >= 0.6 is 0 Å². The fourth-order valence-corrected chi connectivity index (χ4v) is 2.47. The summed E-state index contributed by atoms with van der Waals surface area (Å²) in [6.45, 7) is 4.42. The molecule has 4 heteroatoms. The molecule has 1 aromatic carbocycles. The van der Waals surface area contributed by atoms with E-state index >= 15 is 0 Å². The van der Waals surface area contributed by atoms with Crippen LogP contribution in [-0.2, 0) is 17.6 Å². The fourth-order valence-electron chi connectivity index (χ4n) is 2.47. The third kappa shape index (κ3) is 2.54. The van der Waals surface area contributed by atoms with Gasteiger partial charge in [-0.05, 0) is 36.1 Å². The van der Waals surface area contributed by atoms with Crippen LogP contribution in [0.3, 0.4) is 0 Å². The Kier molecular flexibility index (Phi) is 3.30. The Morgan fingerprint density at radius 1 is 1.33 bits per heavy atom. The second-order valence-electron chi connectivity index (χ2n) is 5.19. The van der Waals surface area contributed by atoms with Gasteiger partial charge in [-0.2, -0.15) is 0 Å². The largest absolute Gasteiger partial charge is 0.326 e. The minimum Gasteiger partial charge on any atom is -0.326 e. The zero-order chi connectivity index (χ0) is 12.4. The van der Waals surface area contributed by atoms with Crippen molar-refractivity contribution in [1.29, 1.82) is 0 Å². The van der Waals surface area contributed by atoms with Gasteiger partial charge in [0, 0.05) is 25.3 Å². The zero-order valence-corrected chi connectivity index (χ0v) is 10.5. The fraction of sp³-hybridized carbons (Fsp3) is 0.500. The molecule has 3 rings (SSSR count). The Hall–Kier alpha value is -1.39. The molecule has 2 aliphatic heterocycles. The first-order chi connectivity index (χ1) is 8.81. The highest BCUT2D eigenvalue weighted by atomic mass is 16.1. The summed E-state index contributed by atoms with van der Waals surface area (Å²) in [7, 11) is 0. The molecule has 18 heavy (non-hydrogen) atoms. The standard InChI is InChI=1S/C14H19N3O/c18-14-6-12-5-10(1-2-13(12)17-14)3-4-15-7-11-8-16-9-11/h1-2,5,11,15-16H,3-4,6-9H2,(H,17,18). The molecule has 0 unspecified atom stereocenters. The van der Waals surface area contributed by atoms with Crippen molar-refractivity contribution < 1.29 is 4.79 Å². The van der Waals surface area contributed by atoms with Crippen molar-refractivity contribution >= 4 is 11.6 Å². The molecular weight excluding hydrogens is 226 g/mol. The van der Waals surface area contributed by atoms with Crippen LogP contribution in [0.2, 0.25) is 0 Å². The van der Waals surface area contributed by atoms with Crippen molar-refractivity contribution in [2.24, 2.45) is 5.92 Å². The van der Waals surface area contributed by atoms with E-state index in [9.17, 15) is 4.79 Å². The molecule has 0 aliphatic carbocycles. The predicted molar refractivity (Wildman–Crippen MR) is 71.7 cm³/mol. The number of amides is 1. The maximum Gasteiger partial charge on any atom is 0.228 e. The predicted octanol–water partition coefficient (Wildman–Crippen LogP) is 0.533. The first-order valence-electron chi connectivity index (χ1n) is 6.64. The average Bonchev–Trinajstić information content (AvgIpc) is 2.65. The van der Waals surface area contributed by atoms with E-state index in [1.807, 2.05) is 6.07 Å². The van der Waals surface area contributed by atoms with E-state index in [0.717, 1.165) is 49.8 Å². The summed E-state index contributed by atoms with van der Waals surface area (Å²) < 4.78 is 0. The van der Waals surface area contributed by atoms with Crippen LogP contribution in [0.25, 0.3) is 0 Å². The molecule has 0 aromatic heterocycles. The molecule has 3 N–H and O–H groups in total. The maximum absolute atomic E-state index is 11.3. The van der Waals surface area contributed by atoms with Crippen molar-refractivity contribution in [3.8, 4) is 0 Å². The van der Waals surface area contributed by atoms with E-state index in [1.54, 1.807) is 0 Å². The van der Waals surface area contributed by atoms with Crippen molar-refractivity contribution in [3.05, 3.63) is 29.3 Å². The number of fused-ring (bicyclic) bond motifs is 1. The van der Waals surface area contributed by atoms with Gasteiger partial charge in [0.25, 0.3) is 0 Å². The molecule has 0 spiro atoms. The first-order valence-corrected chi connectivity index (χ1v) is 6.64. The van der Waals surface area contributed by atoms with Gasteiger partial charge in [-0.15, -0.1) is 0 Å². The van der Waals surface area contributed by atoms with Crippen molar-refractivity contribution in [1.82, 2.24) is 10.6 Å². The third-order valence-electron chi connectivity index (χ3n) is 3.68. The highest BCUT2D eigenvalue weighted by Crippen LogP contribution is 2.23. The number of anilines is 1. The second kappa shape index (κ2) is 5.08. The topological polar surface area (TPSA) is 53.2 Å². The summed E-state index contributed by atoms with van der Waals surface area (Å²) in [4.78, 5) is 11.3. The minimum atomic E-state index is 0.109. The van der Waals surface area contributed by atoms with Crippen LogP contribution in [0.4, 0.5) is 5.69 Å². The van der Waals surface area contributed by atoms with Gasteiger partial charge in [-0.1, -0.05) is 12.1 Å². The quantitative estimate of drug-likeness (QED) is 0.663. The number of benzene rings is 1. The second-order valence-corrected chi connectivity index (χ2v) is 5.19. The lowest BCUT2D eigenvalue weighted by Crippen LogP contribution is -2.47. The van der Waals surface area contributed by atoms with E-state index < -0.39 is 0 Å². The summed E-state index contributed by atoms with van der Waals surface area (Å²) in [5, 5.41) is 9.62. The summed E-state index contributed by atoms with van der Waals surface area (Å²) in [5.41, 5.74) is 3.43. The molecule has 1 saturated heterocycles. The Labute approximate surface area is 107 Å². The van der Waals surface area contributed by atoms with Gasteiger partial charge in [-0.3, -0.25) is 4.79 Å². The van der Waals surface area contributed by atoms with Crippen LogP contribution in [0.1, 0.15) is 11.1 Å². The van der Waals surface area contributed by atoms with Crippen LogP contribution < -0.4 is 16.0 Å². The van der Waals surface area contributed by atoms with Gasteiger partial charge in [0.15, 0.2) is 0 Å². The Morgan fingerprint density at radius 3 is 3.00 bits per heavy atom. The smallest absolute Gasteiger partial charge is 0.228 e. The van der Waals surface area contributed by atoms with Gasteiger partial charge >= 0.3 is 0 Å². The molecule has 96 valence electrons.